The van der Waals surface area contributed by atoms with Crippen molar-refractivity contribution in [1.29, 1.82) is 0 Å². The summed E-state index contributed by atoms with van der Waals surface area (Å²) in [5, 5.41) is 10.5. The average molecular weight is 361 g/mol. The molecule has 0 spiro atoms. The summed E-state index contributed by atoms with van der Waals surface area (Å²) in [6, 6.07) is 0. The van der Waals surface area contributed by atoms with Crippen LogP contribution in [0.25, 0.3) is 0 Å². The predicted octanol–water partition coefficient (Wildman–Crippen LogP) is -0.678. The van der Waals surface area contributed by atoms with Crippen LogP contribution in [-0.2, 0) is 25.3 Å². The number of H-pyrrole nitrogens is 1. The summed E-state index contributed by atoms with van der Waals surface area (Å²) in [7, 11) is 3.22. The van der Waals surface area contributed by atoms with Crippen LogP contribution >= 0.6 is 0 Å². The van der Waals surface area contributed by atoms with Crippen molar-refractivity contribution in [3.63, 3.8) is 0 Å². The fraction of sp³-hybridized carbons (Fsp3) is 0.529. The molecule has 2 N–H and O–H groups in total. The molecule has 0 bridgehead atoms. The Balaban J connectivity index is 1.60. The zero-order valence-corrected chi connectivity index (χ0v) is 14.9. The van der Waals surface area contributed by atoms with Crippen LogP contribution < -0.4 is 11.2 Å². The maximum absolute atomic E-state index is 12.5. The fourth-order valence-corrected chi connectivity index (χ4v) is 3.35. The van der Waals surface area contributed by atoms with Crippen molar-refractivity contribution >= 4 is 5.91 Å². The van der Waals surface area contributed by atoms with E-state index in [-0.39, 0.29) is 23.8 Å². The topological polar surface area (TPSA) is 113 Å². The third-order valence-electron chi connectivity index (χ3n) is 5.06. The first kappa shape index (κ1) is 18.1. The van der Waals surface area contributed by atoms with Gasteiger partial charge >= 0.3 is 5.69 Å². The van der Waals surface area contributed by atoms with Crippen LogP contribution in [0.5, 0.6) is 0 Å². The average Bonchev–Trinajstić information content (AvgIpc) is 3.07. The zero-order valence-electron chi connectivity index (χ0n) is 14.9. The molecule has 3 heterocycles. The minimum Gasteiger partial charge on any atom is -0.385 e. The normalized spacial score (nSPS) is 16.7. The van der Waals surface area contributed by atoms with Gasteiger partial charge in [0.25, 0.3) is 5.56 Å². The van der Waals surface area contributed by atoms with Gasteiger partial charge in [0, 0.05) is 51.3 Å². The molecule has 2 aromatic heterocycles. The number of aliphatic hydroxyl groups excluding tert-OH is 1. The van der Waals surface area contributed by atoms with Gasteiger partial charge in [0.15, 0.2) is 0 Å². The molecule has 0 aromatic carbocycles. The summed E-state index contributed by atoms with van der Waals surface area (Å²) < 4.78 is 2.76. The largest absolute Gasteiger partial charge is 0.385 e. The third kappa shape index (κ3) is 3.48. The van der Waals surface area contributed by atoms with Gasteiger partial charge in [0.05, 0.1) is 6.42 Å². The zero-order chi connectivity index (χ0) is 18.8. The van der Waals surface area contributed by atoms with Gasteiger partial charge in [-0.2, -0.15) is 0 Å². The summed E-state index contributed by atoms with van der Waals surface area (Å²) in [5.74, 6) is 0.520. The SMILES string of the molecule is Cn1ccnc1C(O)C1CCN(C(=O)Cc2c[nH]c(=O)n(C)c2=O)CC1. The Kier molecular flexibility index (Phi) is 5.08. The monoisotopic (exact) mass is 361 g/mol. The summed E-state index contributed by atoms with van der Waals surface area (Å²) in [5.41, 5.74) is -0.690. The molecule has 0 saturated carbocycles. The Hall–Kier alpha value is -2.68. The highest BCUT2D eigenvalue weighted by atomic mass is 16.3. The van der Waals surface area contributed by atoms with Crippen molar-refractivity contribution in [3.05, 3.63) is 50.8 Å². The number of aliphatic hydroxyl groups is 1. The molecule has 9 nitrogen and oxygen atoms in total. The van der Waals surface area contributed by atoms with E-state index in [1.54, 1.807) is 21.9 Å². The molecule has 140 valence electrons. The number of hydrogen-bond acceptors (Lipinski definition) is 5. The van der Waals surface area contributed by atoms with E-state index in [9.17, 15) is 19.5 Å². The molecule has 2 aromatic rings. The maximum Gasteiger partial charge on any atom is 0.328 e. The number of likely N-dealkylation sites (tertiary alicyclic amines) is 1. The molecule has 9 heteroatoms. The number of nitrogens with zero attached hydrogens (tertiary/aromatic N) is 4. The lowest BCUT2D eigenvalue weighted by molar-refractivity contribution is -0.132. The Morgan fingerprint density at radius 1 is 1.35 bits per heavy atom. The van der Waals surface area contributed by atoms with Crippen molar-refractivity contribution in [2.75, 3.05) is 13.1 Å². The van der Waals surface area contributed by atoms with E-state index in [1.807, 2.05) is 7.05 Å². The number of amides is 1. The molecule has 0 radical (unpaired) electrons. The first-order chi connectivity index (χ1) is 12.4. The first-order valence-corrected chi connectivity index (χ1v) is 8.59. The Labute approximate surface area is 149 Å². The van der Waals surface area contributed by atoms with Gasteiger partial charge in [-0.05, 0) is 18.8 Å². The number of aromatic nitrogens is 4. The molecule has 26 heavy (non-hydrogen) atoms. The molecule has 1 aliphatic rings. The molecule has 1 saturated heterocycles. The van der Waals surface area contributed by atoms with Gasteiger partial charge in [-0.1, -0.05) is 0 Å². The lowest BCUT2D eigenvalue weighted by atomic mass is 9.90. The molecule has 1 fully saturated rings. The number of carbonyl (C=O) groups excluding carboxylic acids is 1. The second-order valence-corrected chi connectivity index (χ2v) is 6.72. The van der Waals surface area contributed by atoms with Crippen molar-refractivity contribution < 1.29 is 9.90 Å². The van der Waals surface area contributed by atoms with Crippen LogP contribution in [0.4, 0.5) is 0 Å². The molecule has 1 atom stereocenters. The molecule has 1 amide bonds. The number of carbonyl (C=O) groups is 1. The lowest BCUT2D eigenvalue weighted by Gasteiger charge is -2.34. The summed E-state index contributed by atoms with van der Waals surface area (Å²) in [6.45, 7) is 1.04. The fourth-order valence-electron chi connectivity index (χ4n) is 3.35. The molecule has 0 aliphatic carbocycles. The molecular formula is C17H23N5O4. The first-order valence-electron chi connectivity index (χ1n) is 8.59. The third-order valence-corrected chi connectivity index (χ3v) is 5.06. The molecule has 3 rings (SSSR count). The predicted molar refractivity (Wildman–Crippen MR) is 93.5 cm³/mol. The van der Waals surface area contributed by atoms with Crippen LogP contribution in [0, 0.1) is 5.92 Å². The van der Waals surface area contributed by atoms with Gasteiger partial charge in [-0.3, -0.25) is 14.2 Å². The van der Waals surface area contributed by atoms with E-state index in [1.165, 1.54) is 13.2 Å². The Bertz CT molecular complexity index is 904. The van der Waals surface area contributed by atoms with Crippen LogP contribution in [-0.4, -0.2) is 48.1 Å². The van der Waals surface area contributed by atoms with Gasteiger partial charge in [0.2, 0.25) is 5.91 Å². The smallest absolute Gasteiger partial charge is 0.328 e. The highest BCUT2D eigenvalue weighted by molar-refractivity contribution is 5.78. The number of piperidine rings is 1. The van der Waals surface area contributed by atoms with E-state index in [4.69, 9.17) is 0 Å². The van der Waals surface area contributed by atoms with Gasteiger partial charge in [0.1, 0.15) is 11.9 Å². The van der Waals surface area contributed by atoms with Crippen LogP contribution in [0.2, 0.25) is 0 Å². The molecule has 1 aliphatic heterocycles. The summed E-state index contributed by atoms with van der Waals surface area (Å²) >= 11 is 0. The summed E-state index contributed by atoms with van der Waals surface area (Å²) in [4.78, 5) is 44.3. The molecule has 1 unspecified atom stereocenters. The maximum atomic E-state index is 12.5. The van der Waals surface area contributed by atoms with Crippen molar-refractivity contribution in [1.82, 2.24) is 24.0 Å². The standard InChI is InChI=1S/C17H23N5O4/c1-20-8-5-18-15(20)14(24)11-3-6-22(7-4-11)13(23)9-12-10-19-17(26)21(2)16(12)25/h5,8,10-11,14,24H,3-4,6-7,9H2,1-2H3,(H,19,26). The number of imidazole rings is 1. The van der Waals surface area contributed by atoms with E-state index < -0.39 is 17.4 Å². The van der Waals surface area contributed by atoms with E-state index >= 15 is 0 Å². The lowest BCUT2D eigenvalue weighted by Crippen LogP contribution is -2.42. The minimum absolute atomic E-state index is 0.0427. The van der Waals surface area contributed by atoms with Crippen LogP contribution in [0.1, 0.15) is 30.3 Å². The van der Waals surface area contributed by atoms with Crippen LogP contribution in [0.15, 0.2) is 28.2 Å². The van der Waals surface area contributed by atoms with Gasteiger partial charge in [-0.25, -0.2) is 9.78 Å². The van der Waals surface area contributed by atoms with Gasteiger partial charge < -0.3 is 19.6 Å². The number of rotatable bonds is 4. The number of nitrogens with one attached hydrogen (secondary N) is 1. The minimum atomic E-state index is -0.654. The second-order valence-electron chi connectivity index (χ2n) is 6.72. The number of hydrogen-bond donors (Lipinski definition) is 2. The number of aromatic amines is 1. The highest BCUT2D eigenvalue weighted by Crippen LogP contribution is 2.29. The quantitative estimate of drug-likeness (QED) is 0.749. The van der Waals surface area contributed by atoms with E-state index in [0.29, 0.717) is 31.8 Å². The van der Waals surface area contributed by atoms with E-state index in [2.05, 4.69) is 9.97 Å². The van der Waals surface area contributed by atoms with Crippen LogP contribution in [0.3, 0.4) is 0 Å². The van der Waals surface area contributed by atoms with Crippen molar-refractivity contribution in [3.8, 4) is 0 Å². The Morgan fingerprint density at radius 3 is 2.65 bits per heavy atom. The van der Waals surface area contributed by atoms with Crippen molar-refractivity contribution in [2.45, 2.75) is 25.4 Å². The van der Waals surface area contributed by atoms with E-state index in [0.717, 1.165) is 4.57 Å². The number of aryl methyl sites for hydroxylation is 1. The molecular weight excluding hydrogens is 338 g/mol. The van der Waals surface area contributed by atoms with Crippen molar-refractivity contribution in [2.24, 2.45) is 20.0 Å². The highest BCUT2D eigenvalue weighted by Gasteiger charge is 2.30. The summed E-state index contributed by atoms with van der Waals surface area (Å²) in [6.07, 6.45) is 5.39. The Morgan fingerprint density at radius 2 is 2.04 bits per heavy atom. The van der Waals surface area contributed by atoms with Gasteiger partial charge in [-0.15, -0.1) is 0 Å². The second kappa shape index (κ2) is 7.28.